The van der Waals surface area contributed by atoms with E-state index in [-0.39, 0.29) is 24.0 Å². The van der Waals surface area contributed by atoms with Crippen LogP contribution in [-0.2, 0) is 6.54 Å². The maximum Gasteiger partial charge on any atom is 0.191 e. The molecule has 0 unspecified atom stereocenters. The summed E-state index contributed by atoms with van der Waals surface area (Å²) < 4.78 is 0. The normalized spacial score (nSPS) is 9.26. The summed E-state index contributed by atoms with van der Waals surface area (Å²) in [6.45, 7) is 6.59. The molecule has 108 valence electrons. The minimum atomic E-state index is 0. The number of nitrogens with zero attached hydrogens (tertiary/aromatic N) is 2. The molecule has 4 nitrogen and oxygen atoms in total. The highest BCUT2D eigenvalue weighted by Crippen LogP contribution is 2.12. The highest BCUT2D eigenvalue weighted by molar-refractivity contribution is 14.0. The molecular formula is C14H25IN4. The second-order valence-corrected chi connectivity index (χ2v) is 4.29. The maximum absolute atomic E-state index is 4.53. The molecule has 0 aliphatic carbocycles. The van der Waals surface area contributed by atoms with Gasteiger partial charge >= 0.3 is 0 Å². The lowest BCUT2D eigenvalue weighted by molar-refractivity contribution is 0.839. The molecule has 1 rings (SSSR count). The number of anilines is 1. The van der Waals surface area contributed by atoms with E-state index in [0.29, 0.717) is 6.54 Å². The third-order valence-corrected chi connectivity index (χ3v) is 2.56. The summed E-state index contributed by atoms with van der Waals surface area (Å²) in [6.07, 6.45) is 0. The third-order valence-electron chi connectivity index (χ3n) is 2.56. The van der Waals surface area contributed by atoms with Gasteiger partial charge in [0.25, 0.3) is 0 Å². The third kappa shape index (κ3) is 6.66. The van der Waals surface area contributed by atoms with Crippen LogP contribution < -0.4 is 15.5 Å². The summed E-state index contributed by atoms with van der Waals surface area (Å²) in [7, 11) is 4.09. The Hall–Kier alpha value is -0.980. The zero-order chi connectivity index (χ0) is 13.4. The first-order valence-corrected chi connectivity index (χ1v) is 6.45. The highest BCUT2D eigenvalue weighted by atomic mass is 127. The van der Waals surface area contributed by atoms with E-state index in [9.17, 15) is 0 Å². The molecule has 0 aliphatic rings. The van der Waals surface area contributed by atoms with E-state index in [0.717, 1.165) is 19.0 Å². The molecule has 0 aliphatic heterocycles. The van der Waals surface area contributed by atoms with Crippen LogP contribution >= 0.6 is 24.0 Å². The number of aliphatic imine (C=N–C) groups is 1. The van der Waals surface area contributed by atoms with Crippen LogP contribution in [0.1, 0.15) is 19.4 Å². The van der Waals surface area contributed by atoms with E-state index >= 15 is 0 Å². The van der Waals surface area contributed by atoms with E-state index < -0.39 is 0 Å². The van der Waals surface area contributed by atoms with Crippen LogP contribution in [0, 0.1) is 0 Å². The van der Waals surface area contributed by atoms with Crippen molar-refractivity contribution in [2.24, 2.45) is 4.99 Å². The van der Waals surface area contributed by atoms with Gasteiger partial charge in [-0.1, -0.05) is 12.1 Å². The highest BCUT2D eigenvalue weighted by Gasteiger charge is 1.97. The Kier molecular flexibility index (Phi) is 9.38. The first-order valence-electron chi connectivity index (χ1n) is 6.45. The first-order chi connectivity index (χ1) is 8.67. The van der Waals surface area contributed by atoms with Crippen LogP contribution in [0.4, 0.5) is 5.69 Å². The van der Waals surface area contributed by atoms with Gasteiger partial charge in [-0.15, -0.1) is 24.0 Å². The molecule has 0 aromatic heterocycles. The molecule has 0 fully saturated rings. The molecule has 1 aromatic rings. The fourth-order valence-electron chi connectivity index (χ4n) is 1.58. The van der Waals surface area contributed by atoms with Crippen LogP contribution in [0.25, 0.3) is 0 Å². The summed E-state index contributed by atoms with van der Waals surface area (Å²) >= 11 is 0. The van der Waals surface area contributed by atoms with Gasteiger partial charge < -0.3 is 15.5 Å². The number of guanidine groups is 1. The monoisotopic (exact) mass is 376 g/mol. The lowest BCUT2D eigenvalue weighted by Gasteiger charge is -2.12. The lowest BCUT2D eigenvalue weighted by Crippen LogP contribution is -2.36. The summed E-state index contributed by atoms with van der Waals surface area (Å²) in [5, 5.41) is 6.43. The van der Waals surface area contributed by atoms with Gasteiger partial charge in [0.05, 0.1) is 6.54 Å². The van der Waals surface area contributed by atoms with Crippen molar-refractivity contribution in [3.63, 3.8) is 0 Å². The van der Waals surface area contributed by atoms with Gasteiger partial charge in [-0.3, -0.25) is 0 Å². The minimum absolute atomic E-state index is 0. The van der Waals surface area contributed by atoms with Gasteiger partial charge in [0.15, 0.2) is 5.96 Å². The van der Waals surface area contributed by atoms with Crippen LogP contribution in [-0.4, -0.2) is 33.1 Å². The van der Waals surface area contributed by atoms with Crippen molar-refractivity contribution in [2.45, 2.75) is 20.4 Å². The lowest BCUT2D eigenvalue weighted by atomic mass is 10.2. The second kappa shape index (κ2) is 9.89. The van der Waals surface area contributed by atoms with Crippen molar-refractivity contribution in [1.29, 1.82) is 0 Å². The summed E-state index contributed by atoms with van der Waals surface area (Å²) in [6, 6.07) is 8.47. The largest absolute Gasteiger partial charge is 0.378 e. The smallest absolute Gasteiger partial charge is 0.191 e. The van der Waals surface area contributed by atoms with E-state index in [1.807, 2.05) is 14.1 Å². The molecule has 0 bridgehead atoms. The van der Waals surface area contributed by atoms with Crippen molar-refractivity contribution >= 4 is 35.6 Å². The Labute approximate surface area is 133 Å². The number of halogens is 1. The Morgan fingerprint density at radius 3 is 2.00 bits per heavy atom. The Bertz CT molecular complexity index is 366. The molecule has 0 atom stereocenters. The Morgan fingerprint density at radius 2 is 1.58 bits per heavy atom. The van der Waals surface area contributed by atoms with E-state index in [2.05, 4.69) is 58.6 Å². The van der Waals surface area contributed by atoms with E-state index in [1.165, 1.54) is 11.3 Å². The Morgan fingerprint density at radius 1 is 1.05 bits per heavy atom. The maximum atomic E-state index is 4.53. The predicted octanol–water partition coefficient (Wildman–Crippen LogP) is 2.45. The average molecular weight is 376 g/mol. The number of hydrogen-bond donors (Lipinski definition) is 2. The summed E-state index contributed by atoms with van der Waals surface area (Å²) in [5.41, 5.74) is 2.43. The Balaban J connectivity index is 0.00000324. The minimum Gasteiger partial charge on any atom is -0.378 e. The molecule has 19 heavy (non-hydrogen) atoms. The van der Waals surface area contributed by atoms with E-state index in [1.54, 1.807) is 0 Å². The van der Waals surface area contributed by atoms with Gasteiger partial charge in [-0.25, -0.2) is 4.99 Å². The SMILES string of the molecule is CCNC(=NCc1ccc(N(C)C)cc1)NCC.I. The molecule has 0 radical (unpaired) electrons. The van der Waals surface area contributed by atoms with Gasteiger partial charge in [0, 0.05) is 32.9 Å². The fraction of sp³-hybridized carbons (Fsp3) is 0.500. The van der Waals surface area contributed by atoms with Crippen LogP contribution in [0.2, 0.25) is 0 Å². The van der Waals surface area contributed by atoms with E-state index in [4.69, 9.17) is 0 Å². The molecule has 2 N–H and O–H groups in total. The van der Waals surface area contributed by atoms with Gasteiger partial charge in [-0.05, 0) is 31.5 Å². The average Bonchev–Trinajstić information content (AvgIpc) is 2.37. The predicted molar refractivity (Wildman–Crippen MR) is 94.7 cm³/mol. The molecule has 0 spiro atoms. The zero-order valence-electron chi connectivity index (χ0n) is 12.2. The van der Waals surface area contributed by atoms with Crippen molar-refractivity contribution in [2.75, 3.05) is 32.1 Å². The van der Waals surface area contributed by atoms with Crippen LogP contribution in [0.5, 0.6) is 0 Å². The molecule has 0 amide bonds. The number of rotatable bonds is 5. The number of nitrogens with one attached hydrogen (secondary N) is 2. The summed E-state index contributed by atoms with van der Waals surface area (Å²) in [4.78, 5) is 6.62. The van der Waals surface area contributed by atoms with Crippen LogP contribution in [0.3, 0.4) is 0 Å². The summed E-state index contributed by atoms with van der Waals surface area (Å²) in [5.74, 6) is 0.872. The quantitative estimate of drug-likeness (QED) is 0.471. The first kappa shape index (κ1) is 18.0. The van der Waals surface area contributed by atoms with Crippen molar-refractivity contribution in [1.82, 2.24) is 10.6 Å². The zero-order valence-corrected chi connectivity index (χ0v) is 14.6. The number of hydrogen-bond acceptors (Lipinski definition) is 2. The standard InChI is InChI=1S/C14H24N4.HI/c1-5-15-14(16-6-2)17-11-12-7-9-13(10-8-12)18(3)4;/h7-10H,5-6,11H2,1-4H3,(H2,15,16,17);1H. The van der Waals surface area contributed by atoms with Gasteiger partial charge in [0.2, 0.25) is 0 Å². The fourth-order valence-corrected chi connectivity index (χ4v) is 1.58. The second-order valence-electron chi connectivity index (χ2n) is 4.29. The molecular weight excluding hydrogens is 351 g/mol. The molecule has 0 heterocycles. The molecule has 1 aromatic carbocycles. The van der Waals surface area contributed by atoms with Crippen molar-refractivity contribution in [3.8, 4) is 0 Å². The molecule has 0 saturated carbocycles. The number of benzene rings is 1. The van der Waals surface area contributed by atoms with Crippen molar-refractivity contribution in [3.05, 3.63) is 29.8 Å². The van der Waals surface area contributed by atoms with Gasteiger partial charge in [0.1, 0.15) is 0 Å². The van der Waals surface area contributed by atoms with Crippen LogP contribution in [0.15, 0.2) is 29.3 Å². The molecule has 0 saturated heterocycles. The topological polar surface area (TPSA) is 39.7 Å². The van der Waals surface area contributed by atoms with Crippen molar-refractivity contribution < 1.29 is 0 Å². The molecule has 5 heteroatoms. The van der Waals surface area contributed by atoms with Gasteiger partial charge in [-0.2, -0.15) is 0 Å².